The molecule has 0 N–H and O–H groups in total. The van der Waals surface area contributed by atoms with Gasteiger partial charge < -0.3 is 4.90 Å². The third kappa shape index (κ3) is 3.76. The summed E-state index contributed by atoms with van der Waals surface area (Å²) in [5.74, 6) is 0.850. The number of piperidine rings is 1. The molecule has 0 saturated carbocycles. The van der Waals surface area contributed by atoms with Crippen LogP contribution in [0.5, 0.6) is 0 Å². The number of carbonyl (C=O) groups excluding carboxylic acids is 1. The van der Waals surface area contributed by atoms with Crippen molar-refractivity contribution in [3.05, 3.63) is 53.9 Å². The summed E-state index contributed by atoms with van der Waals surface area (Å²) in [7, 11) is 0. The molecule has 3 aliphatic rings. The Hall–Kier alpha value is -2.14. The van der Waals surface area contributed by atoms with Gasteiger partial charge in [0.15, 0.2) is 0 Å². The molecule has 3 saturated heterocycles. The van der Waals surface area contributed by atoms with Gasteiger partial charge >= 0.3 is 0 Å². The van der Waals surface area contributed by atoms with Gasteiger partial charge in [0.05, 0.1) is 6.54 Å². The topological polar surface area (TPSA) is 41.4 Å². The van der Waals surface area contributed by atoms with E-state index >= 15 is 0 Å². The fraction of sp³-hybridized carbons (Fsp3) is 0.500. The second-order valence-electron chi connectivity index (χ2n) is 7.47. The molecule has 5 nitrogen and oxygen atoms in total. The lowest BCUT2D eigenvalue weighted by Gasteiger charge is -2.36. The maximum absolute atomic E-state index is 11.8. The minimum atomic E-state index is 0.224. The molecular weight excluding hydrogens is 312 g/mol. The first kappa shape index (κ1) is 16.3. The van der Waals surface area contributed by atoms with Gasteiger partial charge in [-0.25, -0.2) is 0 Å². The van der Waals surface area contributed by atoms with E-state index in [1.54, 1.807) is 6.92 Å². The quantitative estimate of drug-likeness (QED) is 0.859. The highest BCUT2D eigenvalue weighted by Crippen LogP contribution is 2.29. The van der Waals surface area contributed by atoms with Crippen molar-refractivity contribution in [1.82, 2.24) is 19.6 Å². The Bertz CT molecular complexity index is 710. The molecule has 3 aliphatic heterocycles. The summed E-state index contributed by atoms with van der Waals surface area (Å²) in [6.45, 7) is 6.44. The van der Waals surface area contributed by atoms with Crippen LogP contribution in [0, 0.1) is 5.92 Å². The van der Waals surface area contributed by atoms with E-state index < -0.39 is 0 Å². The molecule has 5 rings (SSSR count). The molecule has 25 heavy (non-hydrogen) atoms. The number of fused-ring (bicyclic) bond motifs is 4. The molecule has 0 spiro atoms. The zero-order valence-electron chi connectivity index (χ0n) is 14.8. The SMILES string of the molecule is CC(=O)N1C[C@@H]2CC[C@H](C1)N(Cc1ccc(Cn3cccn3)cc1)C2. The first-order valence-corrected chi connectivity index (χ1v) is 9.22. The number of hydrogen-bond acceptors (Lipinski definition) is 3. The molecule has 0 unspecified atom stereocenters. The van der Waals surface area contributed by atoms with Gasteiger partial charge in [0.2, 0.25) is 5.91 Å². The van der Waals surface area contributed by atoms with E-state index in [1.165, 1.54) is 24.0 Å². The largest absolute Gasteiger partial charge is 0.341 e. The zero-order chi connectivity index (χ0) is 17.2. The molecule has 2 aromatic rings. The number of carbonyl (C=O) groups is 1. The average molecular weight is 338 g/mol. The molecular formula is C20H26N4O. The first-order valence-electron chi connectivity index (χ1n) is 9.22. The van der Waals surface area contributed by atoms with Crippen molar-refractivity contribution in [1.29, 1.82) is 0 Å². The van der Waals surface area contributed by atoms with Crippen LogP contribution in [0.25, 0.3) is 0 Å². The number of amides is 1. The first-order chi connectivity index (χ1) is 12.2. The second kappa shape index (κ2) is 7.00. The predicted molar refractivity (Wildman–Crippen MR) is 96.9 cm³/mol. The van der Waals surface area contributed by atoms with Crippen molar-refractivity contribution in [3.8, 4) is 0 Å². The van der Waals surface area contributed by atoms with Crippen LogP contribution in [0.2, 0.25) is 0 Å². The lowest BCUT2D eigenvalue weighted by atomic mass is 9.94. The van der Waals surface area contributed by atoms with Crippen LogP contribution in [-0.2, 0) is 17.9 Å². The number of nitrogens with zero attached hydrogens (tertiary/aromatic N) is 4. The highest BCUT2D eigenvalue weighted by molar-refractivity contribution is 5.73. The van der Waals surface area contributed by atoms with E-state index in [2.05, 4.69) is 39.2 Å². The molecule has 2 bridgehead atoms. The molecule has 0 aliphatic carbocycles. The van der Waals surface area contributed by atoms with Gasteiger partial charge in [-0.1, -0.05) is 24.3 Å². The minimum Gasteiger partial charge on any atom is -0.341 e. The Balaban J connectivity index is 1.41. The van der Waals surface area contributed by atoms with E-state index in [4.69, 9.17) is 0 Å². The Morgan fingerprint density at radius 1 is 1.08 bits per heavy atom. The summed E-state index contributed by atoms with van der Waals surface area (Å²) >= 11 is 0. The van der Waals surface area contributed by atoms with Crippen molar-refractivity contribution in [3.63, 3.8) is 0 Å². The van der Waals surface area contributed by atoms with Crippen LogP contribution in [0.15, 0.2) is 42.7 Å². The van der Waals surface area contributed by atoms with E-state index in [9.17, 15) is 4.79 Å². The Morgan fingerprint density at radius 3 is 2.52 bits per heavy atom. The van der Waals surface area contributed by atoms with E-state index in [0.717, 1.165) is 32.7 Å². The standard InChI is InChI=1S/C20H26N4O/c1-16(25)22-12-19-7-8-20(15-22)23(13-19)11-17-3-5-18(6-4-17)14-24-10-2-9-21-24/h2-6,9-10,19-20H,7-8,11-15H2,1H3/t19-,20+/m0/s1. The molecule has 2 atom stereocenters. The summed E-state index contributed by atoms with van der Waals surface area (Å²) in [6.07, 6.45) is 6.27. The zero-order valence-corrected chi connectivity index (χ0v) is 14.8. The van der Waals surface area contributed by atoms with Gasteiger partial charge in [0, 0.05) is 51.5 Å². The fourth-order valence-electron chi connectivity index (χ4n) is 4.20. The minimum absolute atomic E-state index is 0.224. The van der Waals surface area contributed by atoms with Crippen molar-refractivity contribution in [2.24, 2.45) is 5.92 Å². The maximum Gasteiger partial charge on any atom is 0.219 e. The molecule has 5 heteroatoms. The van der Waals surface area contributed by atoms with E-state index in [-0.39, 0.29) is 5.91 Å². The lowest BCUT2D eigenvalue weighted by Crippen LogP contribution is -2.43. The van der Waals surface area contributed by atoms with E-state index in [1.807, 2.05) is 23.1 Å². The van der Waals surface area contributed by atoms with Crippen molar-refractivity contribution in [2.45, 2.75) is 38.9 Å². The smallest absolute Gasteiger partial charge is 0.219 e. The Kier molecular flexibility index (Phi) is 4.57. The van der Waals surface area contributed by atoms with Crippen LogP contribution in [-0.4, -0.2) is 51.2 Å². The normalized spacial score (nSPS) is 23.6. The highest BCUT2D eigenvalue weighted by atomic mass is 16.2. The van der Waals surface area contributed by atoms with Crippen molar-refractivity contribution in [2.75, 3.05) is 19.6 Å². The van der Waals surface area contributed by atoms with Crippen LogP contribution in [0.4, 0.5) is 0 Å². The summed E-state index contributed by atoms with van der Waals surface area (Å²) in [5, 5.41) is 4.26. The molecule has 132 valence electrons. The van der Waals surface area contributed by atoms with Crippen LogP contribution in [0.1, 0.15) is 30.9 Å². The van der Waals surface area contributed by atoms with Crippen molar-refractivity contribution >= 4 is 5.91 Å². The van der Waals surface area contributed by atoms with Gasteiger partial charge in [-0.3, -0.25) is 14.4 Å². The monoisotopic (exact) mass is 338 g/mol. The Morgan fingerprint density at radius 2 is 1.84 bits per heavy atom. The van der Waals surface area contributed by atoms with Gasteiger partial charge in [0.25, 0.3) is 0 Å². The van der Waals surface area contributed by atoms with Gasteiger partial charge in [-0.2, -0.15) is 5.10 Å². The van der Waals surface area contributed by atoms with Gasteiger partial charge in [0.1, 0.15) is 0 Å². The molecule has 1 amide bonds. The average Bonchev–Trinajstić information content (AvgIpc) is 2.94. The molecule has 1 aromatic carbocycles. The third-order valence-electron chi connectivity index (χ3n) is 5.58. The second-order valence-corrected chi connectivity index (χ2v) is 7.47. The summed E-state index contributed by atoms with van der Waals surface area (Å²) < 4.78 is 1.94. The molecule has 1 aromatic heterocycles. The number of benzene rings is 1. The fourth-order valence-corrected chi connectivity index (χ4v) is 4.20. The van der Waals surface area contributed by atoms with E-state index in [0.29, 0.717) is 12.0 Å². The third-order valence-corrected chi connectivity index (χ3v) is 5.58. The lowest BCUT2D eigenvalue weighted by molar-refractivity contribution is -0.129. The number of rotatable bonds is 4. The molecule has 0 radical (unpaired) electrons. The van der Waals surface area contributed by atoms with Gasteiger partial charge in [-0.15, -0.1) is 0 Å². The van der Waals surface area contributed by atoms with Gasteiger partial charge in [-0.05, 0) is 36.0 Å². The maximum atomic E-state index is 11.8. The Labute approximate surface area is 149 Å². The predicted octanol–water partition coefficient (Wildman–Crippen LogP) is 2.37. The van der Waals surface area contributed by atoms with Crippen molar-refractivity contribution < 1.29 is 4.79 Å². The molecule has 3 fully saturated rings. The summed E-state index contributed by atoms with van der Waals surface area (Å²) in [6, 6.07) is 11.3. The summed E-state index contributed by atoms with van der Waals surface area (Å²) in [5.41, 5.74) is 2.62. The molecule has 4 heterocycles. The highest BCUT2D eigenvalue weighted by Gasteiger charge is 2.35. The van der Waals surface area contributed by atoms with Crippen LogP contribution >= 0.6 is 0 Å². The summed E-state index contributed by atoms with van der Waals surface area (Å²) in [4.78, 5) is 16.4. The van der Waals surface area contributed by atoms with Crippen LogP contribution in [0.3, 0.4) is 0 Å². The number of aromatic nitrogens is 2. The number of hydrogen-bond donors (Lipinski definition) is 0. The van der Waals surface area contributed by atoms with Crippen LogP contribution < -0.4 is 0 Å².